The summed E-state index contributed by atoms with van der Waals surface area (Å²) in [4.78, 5) is 7.58. The standard InChI is InChI=1S/C18H17N3OS2/c22-11-14-8-12-5-7-24-17(12)10-21(14)18(23)20-16-3-1-2-13-9-19-6-4-15(13)16/h1-7,9,14,22H,8,10-11H2,(H,20,23)/t14-/m0/s1. The molecule has 1 atom stereocenters. The maximum absolute atomic E-state index is 9.78. The van der Waals surface area contributed by atoms with Gasteiger partial charge in [-0.15, -0.1) is 11.3 Å². The van der Waals surface area contributed by atoms with Gasteiger partial charge in [0.1, 0.15) is 0 Å². The van der Waals surface area contributed by atoms with Crippen LogP contribution in [0.5, 0.6) is 0 Å². The first-order valence-electron chi connectivity index (χ1n) is 7.82. The number of hydrogen-bond donors (Lipinski definition) is 2. The SMILES string of the molecule is OC[C@@H]1Cc2ccsc2CN1C(=S)Nc1cccc2cnccc12. The molecule has 0 saturated heterocycles. The van der Waals surface area contributed by atoms with Crippen LogP contribution in [0.15, 0.2) is 48.1 Å². The van der Waals surface area contributed by atoms with Gasteiger partial charge in [-0.05, 0) is 47.8 Å². The number of anilines is 1. The molecular weight excluding hydrogens is 338 g/mol. The van der Waals surface area contributed by atoms with Crippen LogP contribution in [0.3, 0.4) is 0 Å². The van der Waals surface area contributed by atoms with Gasteiger partial charge < -0.3 is 15.3 Å². The lowest BCUT2D eigenvalue weighted by Gasteiger charge is -2.36. The van der Waals surface area contributed by atoms with Crippen molar-refractivity contribution in [2.75, 3.05) is 11.9 Å². The predicted molar refractivity (Wildman–Crippen MR) is 102 cm³/mol. The van der Waals surface area contributed by atoms with Crippen molar-refractivity contribution in [1.29, 1.82) is 0 Å². The number of aliphatic hydroxyl groups excluding tert-OH is 1. The summed E-state index contributed by atoms with van der Waals surface area (Å²) >= 11 is 7.41. The zero-order valence-electron chi connectivity index (χ0n) is 13.0. The maximum Gasteiger partial charge on any atom is 0.174 e. The van der Waals surface area contributed by atoms with Crippen LogP contribution < -0.4 is 5.32 Å². The van der Waals surface area contributed by atoms with E-state index < -0.39 is 0 Å². The first kappa shape index (κ1) is 15.5. The Hall–Kier alpha value is -2.02. The lowest BCUT2D eigenvalue weighted by molar-refractivity contribution is 0.169. The molecule has 4 nitrogen and oxygen atoms in total. The van der Waals surface area contributed by atoms with E-state index in [2.05, 4.69) is 26.6 Å². The van der Waals surface area contributed by atoms with Crippen LogP contribution in [0.25, 0.3) is 10.8 Å². The van der Waals surface area contributed by atoms with Gasteiger partial charge in [0.15, 0.2) is 5.11 Å². The van der Waals surface area contributed by atoms with Gasteiger partial charge in [-0.3, -0.25) is 4.98 Å². The van der Waals surface area contributed by atoms with E-state index in [4.69, 9.17) is 12.2 Å². The lowest BCUT2D eigenvalue weighted by atomic mass is 10.0. The second-order valence-corrected chi connectivity index (χ2v) is 7.26. The summed E-state index contributed by atoms with van der Waals surface area (Å²) in [5, 5.41) is 18.1. The quantitative estimate of drug-likeness (QED) is 0.690. The van der Waals surface area contributed by atoms with Gasteiger partial charge >= 0.3 is 0 Å². The van der Waals surface area contributed by atoms with Gasteiger partial charge in [-0.1, -0.05) is 12.1 Å². The fourth-order valence-corrected chi connectivity index (χ4v) is 4.39. The Morgan fingerprint density at radius 2 is 2.29 bits per heavy atom. The number of aliphatic hydroxyl groups is 1. The molecule has 6 heteroatoms. The molecule has 122 valence electrons. The third-order valence-electron chi connectivity index (χ3n) is 4.44. The fourth-order valence-electron chi connectivity index (χ4n) is 3.15. The van der Waals surface area contributed by atoms with Gasteiger partial charge in [-0.2, -0.15) is 0 Å². The number of nitrogens with one attached hydrogen (secondary N) is 1. The van der Waals surface area contributed by atoms with Crippen molar-refractivity contribution in [3.63, 3.8) is 0 Å². The predicted octanol–water partition coefficient (Wildman–Crippen LogP) is 3.41. The minimum absolute atomic E-state index is 0.0174. The van der Waals surface area contributed by atoms with Crippen LogP contribution in [0.4, 0.5) is 5.69 Å². The Morgan fingerprint density at radius 3 is 3.17 bits per heavy atom. The number of pyridine rings is 1. The van der Waals surface area contributed by atoms with E-state index >= 15 is 0 Å². The molecule has 3 heterocycles. The normalized spacial score (nSPS) is 16.9. The van der Waals surface area contributed by atoms with E-state index in [1.165, 1.54) is 10.4 Å². The molecule has 3 aromatic rings. The summed E-state index contributed by atoms with van der Waals surface area (Å²) in [6.45, 7) is 0.840. The molecule has 0 bridgehead atoms. The first-order valence-corrected chi connectivity index (χ1v) is 9.11. The number of rotatable bonds is 2. The van der Waals surface area contributed by atoms with Crippen LogP contribution in [0.2, 0.25) is 0 Å². The molecule has 1 aliphatic rings. The summed E-state index contributed by atoms with van der Waals surface area (Å²) in [7, 11) is 0. The number of hydrogen-bond acceptors (Lipinski definition) is 4. The van der Waals surface area contributed by atoms with Crippen molar-refractivity contribution in [2.45, 2.75) is 19.0 Å². The Labute approximate surface area is 149 Å². The fraction of sp³-hybridized carbons (Fsp3) is 0.222. The van der Waals surface area contributed by atoms with E-state index in [-0.39, 0.29) is 12.6 Å². The Balaban J connectivity index is 1.61. The summed E-state index contributed by atoms with van der Waals surface area (Å²) in [6.07, 6.45) is 4.46. The molecular formula is C18H17N3OS2. The zero-order chi connectivity index (χ0) is 16.5. The highest BCUT2D eigenvalue weighted by Gasteiger charge is 2.28. The zero-order valence-corrected chi connectivity index (χ0v) is 14.6. The highest BCUT2D eigenvalue weighted by Crippen LogP contribution is 2.29. The summed E-state index contributed by atoms with van der Waals surface area (Å²) in [5.74, 6) is 0. The average molecular weight is 355 g/mol. The van der Waals surface area contributed by atoms with Crippen molar-refractivity contribution < 1.29 is 5.11 Å². The second kappa shape index (κ2) is 6.47. The maximum atomic E-state index is 9.78. The van der Waals surface area contributed by atoms with Gasteiger partial charge in [0.25, 0.3) is 0 Å². The smallest absolute Gasteiger partial charge is 0.174 e. The molecule has 1 aromatic carbocycles. The number of thiophene rings is 1. The van der Waals surface area contributed by atoms with E-state index in [1.54, 1.807) is 17.5 Å². The lowest BCUT2D eigenvalue weighted by Crippen LogP contribution is -2.47. The van der Waals surface area contributed by atoms with Crippen molar-refractivity contribution in [3.8, 4) is 0 Å². The van der Waals surface area contributed by atoms with Crippen LogP contribution in [-0.2, 0) is 13.0 Å². The topological polar surface area (TPSA) is 48.4 Å². The van der Waals surface area contributed by atoms with E-state index in [0.717, 1.165) is 29.4 Å². The van der Waals surface area contributed by atoms with E-state index in [1.807, 2.05) is 30.5 Å². The van der Waals surface area contributed by atoms with Crippen LogP contribution in [0, 0.1) is 0 Å². The van der Waals surface area contributed by atoms with Gasteiger partial charge in [0, 0.05) is 33.7 Å². The van der Waals surface area contributed by atoms with Gasteiger partial charge in [0.05, 0.1) is 19.2 Å². The molecule has 0 aliphatic carbocycles. The Bertz CT molecular complexity index is 887. The van der Waals surface area contributed by atoms with Crippen molar-refractivity contribution in [1.82, 2.24) is 9.88 Å². The highest BCUT2D eigenvalue weighted by molar-refractivity contribution is 7.80. The number of benzene rings is 1. The minimum atomic E-state index is 0.0174. The molecule has 0 radical (unpaired) electrons. The Morgan fingerprint density at radius 1 is 1.38 bits per heavy atom. The molecule has 0 fully saturated rings. The number of aromatic nitrogens is 1. The van der Waals surface area contributed by atoms with Crippen molar-refractivity contribution in [3.05, 3.63) is 58.5 Å². The molecule has 0 spiro atoms. The number of thiocarbonyl (C=S) groups is 1. The highest BCUT2D eigenvalue weighted by atomic mass is 32.1. The van der Waals surface area contributed by atoms with Crippen LogP contribution in [0.1, 0.15) is 10.4 Å². The third kappa shape index (κ3) is 2.77. The third-order valence-corrected chi connectivity index (χ3v) is 5.73. The molecule has 2 aromatic heterocycles. The van der Waals surface area contributed by atoms with E-state index in [0.29, 0.717) is 5.11 Å². The molecule has 0 amide bonds. The van der Waals surface area contributed by atoms with Gasteiger partial charge in [-0.25, -0.2) is 0 Å². The minimum Gasteiger partial charge on any atom is -0.394 e. The summed E-state index contributed by atoms with van der Waals surface area (Å²) < 4.78 is 0. The van der Waals surface area contributed by atoms with Crippen LogP contribution in [-0.4, -0.2) is 32.8 Å². The molecule has 4 rings (SSSR count). The van der Waals surface area contributed by atoms with Crippen molar-refractivity contribution >= 4 is 45.1 Å². The molecule has 0 saturated carbocycles. The Kier molecular flexibility index (Phi) is 4.18. The number of nitrogens with zero attached hydrogens (tertiary/aromatic N) is 2. The average Bonchev–Trinajstić information content (AvgIpc) is 3.08. The van der Waals surface area contributed by atoms with Crippen LogP contribution >= 0.6 is 23.6 Å². The largest absolute Gasteiger partial charge is 0.394 e. The molecule has 24 heavy (non-hydrogen) atoms. The summed E-state index contributed by atoms with van der Waals surface area (Å²) in [6, 6.07) is 10.2. The molecule has 2 N–H and O–H groups in total. The molecule has 0 unspecified atom stereocenters. The second-order valence-electron chi connectivity index (χ2n) is 5.87. The van der Waals surface area contributed by atoms with E-state index in [9.17, 15) is 5.11 Å². The monoisotopic (exact) mass is 355 g/mol. The van der Waals surface area contributed by atoms with Gasteiger partial charge in [0.2, 0.25) is 0 Å². The molecule has 1 aliphatic heterocycles. The first-order chi connectivity index (χ1) is 11.8. The summed E-state index contributed by atoms with van der Waals surface area (Å²) in [5.41, 5.74) is 2.29. The van der Waals surface area contributed by atoms with Crippen molar-refractivity contribution in [2.24, 2.45) is 0 Å². The number of fused-ring (bicyclic) bond motifs is 2.